The molecule has 0 bridgehead atoms. The maximum atomic E-state index is 11.1. The SMILES string of the molecule is CC#C[C@@H](CC(=O)O)c1ccc(OCc2ccc(CN3CCN(C4N=C(C(C)CC)NO4)CC3)cc2)cc1. The first-order chi connectivity index (χ1) is 18.4. The van der Waals surface area contributed by atoms with Crippen LogP contribution in [-0.2, 0) is 22.8 Å². The lowest BCUT2D eigenvalue weighted by molar-refractivity contribution is -0.137. The molecular weight excluding hydrogens is 480 g/mol. The fourth-order valence-corrected chi connectivity index (χ4v) is 4.57. The van der Waals surface area contributed by atoms with Gasteiger partial charge in [-0.2, -0.15) is 0 Å². The number of carboxylic acid groups (broad SMARTS) is 1. The largest absolute Gasteiger partial charge is 0.489 e. The van der Waals surface area contributed by atoms with Crippen LogP contribution in [0, 0.1) is 17.8 Å². The van der Waals surface area contributed by atoms with Crippen molar-refractivity contribution in [3.8, 4) is 17.6 Å². The Kier molecular flexibility index (Phi) is 9.77. The van der Waals surface area contributed by atoms with Crippen LogP contribution in [0.4, 0.5) is 0 Å². The quantitative estimate of drug-likeness (QED) is 0.431. The summed E-state index contributed by atoms with van der Waals surface area (Å²) in [5, 5.41) is 9.12. The number of piperazine rings is 1. The van der Waals surface area contributed by atoms with Crippen molar-refractivity contribution in [3.05, 3.63) is 65.2 Å². The van der Waals surface area contributed by atoms with Crippen molar-refractivity contribution in [2.45, 2.75) is 59.0 Å². The van der Waals surface area contributed by atoms with Crippen LogP contribution < -0.4 is 10.2 Å². The number of nitrogens with one attached hydrogen (secondary N) is 1. The van der Waals surface area contributed by atoms with Gasteiger partial charge < -0.3 is 9.84 Å². The van der Waals surface area contributed by atoms with Gasteiger partial charge in [0.25, 0.3) is 0 Å². The molecule has 2 aliphatic heterocycles. The third-order valence-electron chi connectivity index (χ3n) is 7.13. The minimum absolute atomic E-state index is 0.0106. The van der Waals surface area contributed by atoms with Crippen molar-refractivity contribution in [1.82, 2.24) is 15.3 Å². The summed E-state index contributed by atoms with van der Waals surface area (Å²) < 4.78 is 5.95. The molecule has 2 N–H and O–H groups in total. The molecule has 1 fully saturated rings. The summed E-state index contributed by atoms with van der Waals surface area (Å²) in [6.45, 7) is 11.2. The molecular formula is C30H38N4O4. The van der Waals surface area contributed by atoms with Crippen LogP contribution in [0.15, 0.2) is 53.5 Å². The van der Waals surface area contributed by atoms with Crippen molar-refractivity contribution in [1.29, 1.82) is 0 Å². The Balaban J connectivity index is 1.22. The van der Waals surface area contributed by atoms with Gasteiger partial charge in [0.15, 0.2) is 0 Å². The number of carboxylic acids is 1. The third kappa shape index (κ3) is 7.57. The number of hydrogen-bond donors (Lipinski definition) is 2. The average molecular weight is 519 g/mol. The van der Waals surface area contributed by atoms with E-state index >= 15 is 0 Å². The number of aliphatic imine (C=N–C) groups is 1. The van der Waals surface area contributed by atoms with Gasteiger partial charge in [-0.3, -0.25) is 14.6 Å². The molecule has 2 aromatic carbocycles. The van der Waals surface area contributed by atoms with Crippen LogP contribution in [0.1, 0.15) is 56.2 Å². The zero-order valence-electron chi connectivity index (χ0n) is 22.5. The van der Waals surface area contributed by atoms with Gasteiger partial charge in [0.2, 0.25) is 6.35 Å². The van der Waals surface area contributed by atoms with E-state index in [9.17, 15) is 4.79 Å². The normalized spacial score (nSPS) is 19.6. The summed E-state index contributed by atoms with van der Waals surface area (Å²) in [4.78, 5) is 26.3. The van der Waals surface area contributed by atoms with Gasteiger partial charge in [0.05, 0.1) is 12.3 Å². The Labute approximate surface area is 225 Å². The van der Waals surface area contributed by atoms with Gasteiger partial charge in [-0.05, 0) is 42.2 Å². The predicted octanol–water partition coefficient (Wildman–Crippen LogP) is 4.23. The van der Waals surface area contributed by atoms with Crippen LogP contribution in [0.3, 0.4) is 0 Å². The number of rotatable bonds is 11. The van der Waals surface area contributed by atoms with Gasteiger partial charge in [-0.15, -0.1) is 5.92 Å². The number of amidine groups is 1. The minimum atomic E-state index is -0.856. The third-order valence-corrected chi connectivity index (χ3v) is 7.13. The molecule has 2 unspecified atom stereocenters. The van der Waals surface area contributed by atoms with Crippen molar-refractivity contribution < 1.29 is 19.5 Å². The summed E-state index contributed by atoms with van der Waals surface area (Å²) in [6.07, 6.45) is 0.815. The summed E-state index contributed by atoms with van der Waals surface area (Å²) >= 11 is 0. The van der Waals surface area contributed by atoms with E-state index in [0.29, 0.717) is 12.5 Å². The molecule has 202 valence electrons. The van der Waals surface area contributed by atoms with Gasteiger partial charge >= 0.3 is 5.97 Å². The second-order valence-electron chi connectivity index (χ2n) is 9.90. The van der Waals surface area contributed by atoms with E-state index in [1.165, 1.54) is 5.56 Å². The number of hydrogen-bond acceptors (Lipinski definition) is 7. The van der Waals surface area contributed by atoms with E-state index in [-0.39, 0.29) is 18.7 Å². The zero-order valence-corrected chi connectivity index (χ0v) is 22.5. The van der Waals surface area contributed by atoms with Crippen LogP contribution in [-0.4, -0.2) is 59.2 Å². The number of ether oxygens (including phenoxy) is 1. The molecule has 2 aliphatic rings. The molecule has 0 amide bonds. The fraction of sp³-hybridized carbons (Fsp3) is 0.467. The lowest BCUT2D eigenvalue weighted by Gasteiger charge is -2.35. The number of nitrogens with zero attached hydrogens (tertiary/aromatic N) is 3. The van der Waals surface area contributed by atoms with Crippen LogP contribution in [0.5, 0.6) is 5.75 Å². The zero-order chi connectivity index (χ0) is 26.9. The molecule has 2 heterocycles. The van der Waals surface area contributed by atoms with Gasteiger partial charge in [-0.25, -0.2) is 15.3 Å². The van der Waals surface area contributed by atoms with Gasteiger partial charge in [0, 0.05) is 38.6 Å². The molecule has 0 spiro atoms. The minimum Gasteiger partial charge on any atom is -0.489 e. The lowest BCUT2D eigenvalue weighted by atomic mass is 9.96. The molecule has 0 aliphatic carbocycles. The highest BCUT2D eigenvalue weighted by molar-refractivity contribution is 5.84. The van der Waals surface area contributed by atoms with Crippen LogP contribution in [0.25, 0.3) is 0 Å². The molecule has 4 rings (SSSR count). The molecule has 0 saturated carbocycles. The first-order valence-electron chi connectivity index (χ1n) is 13.4. The lowest BCUT2D eigenvalue weighted by Crippen LogP contribution is -2.49. The number of carbonyl (C=O) groups is 1. The Hall–Kier alpha value is -3.38. The first-order valence-corrected chi connectivity index (χ1v) is 13.4. The number of aliphatic carboxylic acids is 1. The Morgan fingerprint density at radius 3 is 2.45 bits per heavy atom. The molecule has 38 heavy (non-hydrogen) atoms. The Bertz CT molecular complexity index is 1150. The predicted molar refractivity (Wildman–Crippen MR) is 147 cm³/mol. The smallest absolute Gasteiger partial charge is 0.304 e. The topological polar surface area (TPSA) is 86.6 Å². The van der Waals surface area contributed by atoms with Crippen LogP contribution in [0.2, 0.25) is 0 Å². The van der Waals surface area contributed by atoms with Crippen molar-refractivity contribution >= 4 is 11.8 Å². The van der Waals surface area contributed by atoms with E-state index in [1.807, 2.05) is 24.3 Å². The molecule has 3 atom stereocenters. The molecule has 2 aromatic rings. The molecule has 8 nitrogen and oxygen atoms in total. The number of benzene rings is 2. The molecule has 0 radical (unpaired) electrons. The monoisotopic (exact) mass is 518 g/mol. The fourth-order valence-electron chi connectivity index (χ4n) is 4.57. The molecule has 8 heteroatoms. The van der Waals surface area contributed by atoms with Crippen molar-refractivity contribution in [2.75, 3.05) is 26.2 Å². The van der Waals surface area contributed by atoms with Crippen molar-refractivity contribution in [2.24, 2.45) is 10.9 Å². The van der Waals surface area contributed by atoms with E-state index < -0.39 is 5.97 Å². The molecule has 1 saturated heterocycles. The van der Waals surface area contributed by atoms with Crippen molar-refractivity contribution in [3.63, 3.8) is 0 Å². The number of hydroxylamine groups is 1. The summed E-state index contributed by atoms with van der Waals surface area (Å²) in [6, 6.07) is 16.1. The highest BCUT2D eigenvalue weighted by atomic mass is 16.7. The molecule has 0 aromatic heterocycles. The Morgan fingerprint density at radius 2 is 1.82 bits per heavy atom. The second-order valence-corrected chi connectivity index (χ2v) is 9.90. The maximum Gasteiger partial charge on any atom is 0.304 e. The Morgan fingerprint density at radius 1 is 1.13 bits per heavy atom. The van der Waals surface area contributed by atoms with E-state index in [1.54, 1.807) is 6.92 Å². The first kappa shape index (κ1) is 27.6. The van der Waals surface area contributed by atoms with Gasteiger partial charge in [0.1, 0.15) is 18.2 Å². The highest BCUT2D eigenvalue weighted by Gasteiger charge is 2.29. The average Bonchev–Trinajstić information content (AvgIpc) is 3.43. The summed E-state index contributed by atoms with van der Waals surface area (Å²) in [7, 11) is 0. The summed E-state index contributed by atoms with van der Waals surface area (Å²) in [5.41, 5.74) is 6.28. The van der Waals surface area contributed by atoms with E-state index in [4.69, 9.17) is 19.7 Å². The maximum absolute atomic E-state index is 11.1. The van der Waals surface area contributed by atoms with Crippen LogP contribution >= 0.6 is 0 Å². The standard InChI is InChI=1S/C30H38N4O4/c1-4-6-26(19-28(35)36)25-11-13-27(14-12-25)37-21-24-9-7-23(8-10-24)20-33-15-17-34(18-16-33)30-31-29(32-38-30)22(3)5-2/h7-14,22,26,30H,5,15-21H2,1-3H3,(H,31,32)(H,35,36)/t22?,26-,30?/m0/s1. The van der Waals surface area contributed by atoms with Gasteiger partial charge in [-0.1, -0.05) is 56.2 Å². The van der Waals surface area contributed by atoms with E-state index in [0.717, 1.165) is 61.9 Å². The highest BCUT2D eigenvalue weighted by Crippen LogP contribution is 2.23. The second kappa shape index (κ2) is 13.4. The van der Waals surface area contributed by atoms with E-state index in [2.05, 4.69) is 65.2 Å². The summed E-state index contributed by atoms with van der Waals surface area (Å²) in [5.74, 6) is 6.71.